The summed E-state index contributed by atoms with van der Waals surface area (Å²) < 4.78 is 0. The third-order valence-electron chi connectivity index (χ3n) is 3.04. The number of hydrogen-bond donors (Lipinski definition) is 1. The maximum Gasteiger partial charge on any atom is -0.00205 e. The fraction of sp³-hybridized carbons (Fsp3) is 0.571. The Bertz CT molecular complexity index is 264. The van der Waals surface area contributed by atoms with Gasteiger partial charge in [-0.25, -0.2) is 0 Å². The molecule has 0 radical (unpaired) electrons. The van der Waals surface area contributed by atoms with E-state index in [0.29, 0.717) is 0 Å². The Morgan fingerprint density at radius 3 is 2.60 bits per heavy atom. The SMILES string of the molecule is c1ccc(CCCCNCC2CC2)cc1. The zero-order valence-corrected chi connectivity index (χ0v) is 9.41. The van der Waals surface area contributed by atoms with Crippen molar-refractivity contribution in [2.45, 2.75) is 32.1 Å². The summed E-state index contributed by atoms with van der Waals surface area (Å²) in [6.07, 6.45) is 6.75. The summed E-state index contributed by atoms with van der Waals surface area (Å²) in [7, 11) is 0. The van der Waals surface area contributed by atoms with Crippen molar-refractivity contribution >= 4 is 0 Å². The molecule has 1 aliphatic rings. The smallest absolute Gasteiger partial charge is 0.00205 e. The maximum absolute atomic E-state index is 3.53. The van der Waals surface area contributed by atoms with Crippen LogP contribution in [0.4, 0.5) is 0 Å². The van der Waals surface area contributed by atoms with Crippen LogP contribution in [0.1, 0.15) is 31.2 Å². The van der Waals surface area contributed by atoms with Crippen molar-refractivity contribution in [3.8, 4) is 0 Å². The first-order valence-electron chi connectivity index (χ1n) is 6.20. The molecule has 0 spiro atoms. The van der Waals surface area contributed by atoms with Gasteiger partial charge in [-0.05, 0) is 56.7 Å². The van der Waals surface area contributed by atoms with Gasteiger partial charge in [0, 0.05) is 0 Å². The van der Waals surface area contributed by atoms with Crippen LogP contribution in [0.5, 0.6) is 0 Å². The maximum atomic E-state index is 3.53. The zero-order valence-electron chi connectivity index (χ0n) is 9.41. The number of hydrogen-bond acceptors (Lipinski definition) is 1. The van der Waals surface area contributed by atoms with Gasteiger partial charge < -0.3 is 5.32 Å². The third-order valence-corrected chi connectivity index (χ3v) is 3.04. The average molecular weight is 203 g/mol. The lowest BCUT2D eigenvalue weighted by Gasteiger charge is -2.03. The monoisotopic (exact) mass is 203 g/mol. The quantitative estimate of drug-likeness (QED) is 0.672. The topological polar surface area (TPSA) is 12.0 Å². The van der Waals surface area contributed by atoms with E-state index in [1.807, 2.05) is 0 Å². The molecule has 0 bridgehead atoms. The van der Waals surface area contributed by atoms with Crippen LogP contribution in [-0.2, 0) is 6.42 Å². The van der Waals surface area contributed by atoms with Crippen LogP contribution in [0.3, 0.4) is 0 Å². The van der Waals surface area contributed by atoms with Crippen molar-refractivity contribution < 1.29 is 0 Å². The number of aryl methyl sites for hydroxylation is 1. The number of nitrogens with one attached hydrogen (secondary N) is 1. The predicted octanol–water partition coefficient (Wildman–Crippen LogP) is 3.01. The second-order valence-corrected chi connectivity index (χ2v) is 4.59. The normalized spacial score (nSPS) is 15.5. The summed E-state index contributed by atoms with van der Waals surface area (Å²) in [5.74, 6) is 1.01. The van der Waals surface area contributed by atoms with E-state index in [9.17, 15) is 0 Å². The molecule has 15 heavy (non-hydrogen) atoms. The van der Waals surface area contributed by atoms with E-state index in [-0.39, 0.29) is 0 Å². The Morgan fingerprint density at radius 2 is 1.87 bits per heavy atom. The molecule has 82 valence electrons. The van der Waals surface area contributed by atoms with E-state index in [1.54, 1.807) is 0 Å². The van der Waals surface area contributed by atoms with E-state index in [0.717, 1.165) is 5.92 Å². The Hall–Kier alpha value is -0.820. The molecule has 1 N–H and O–H groups in total. The lowest BCUT2D eigenvalue weighted by molar-refractivity contribution is 0.595. The van der Waals surface area contributed by atoms with Gasteiger partial charge in [-0.2, -0.15) is 0 Å². The Balaban J connectivity index is 1.47. The molecule has 1 saturated carbocycles. The van der Waals surface area contributed by atoms with Crippen LogP contribution in [0.25, 0.3) is 0 Å². The van der Waals surface area contributed by atoms with Gasteiger partial charge in [0.25, 0.3) is 0 Å². The Morgan fingerprint density at radius 1 is 1.07 bits per heavy atom. The highest BCUT2D eigenvalue weighted by molar-refractivity contribution is 5.14. The fourth-order valence-corrected chi connectivity index (χ4v) is 1.85. The number of benzene rings is 1. The summed E-state index contributed by atoms with van der Waals surface area (Å²) in [5.41, 5.74) is 1.47. The lowest BCUT2D eigenvalue weighted by atomic mass is 10.1. The van der Waals surface area contributed by atoms with Crippen molar-refractivity contribution in [1.82, 2.24) is 5.32 Å². The van der Waals surface area contributed by atoms with Crippen LogP contribution in [0.15, 0.2) is 30.3 Å². The molecule has 1 aliphatic carbocycles. The molecular weight excluding hydrogens is 182 g/mol. The van der Waals surface area contributed by atoms with Crippen molar-refractivity contribution in [3.63, 3.8) is 0 Å². The fourth-order valence-electron chi connectivity index (χ4n) is 1.85. The van der Waals surface area contributed by atoms with Gasteiger partial charge >= 0.3 is 0 Å². The van der Waals surface area contributed by atoms with Crippen LogP contribution in [0.2, 0.25) is 0 Å². The van der Waals surface area contributed by atoms with Crippen molar-refractivity contribution in [2.75, 3.05) is 13.1 Å². The summed E-state index contributed by atoms with van der Waals surface area (Å²) >= 11 is 0. The highest BCUT2D eigenvalue weighted by Crippen LogP contribution is 2.27. The lowest BCUT2D eigenvalue weighted by Crippen LogP contribution is -2.18. The molecule has 0 heterocycles. The summed E-state index contributed by atoms with van der Waals surface area (Å²) in [6, 6.07) is 10.8. The minimum atomic E-state index is 1.01. The zero-order chi connectivity index (χ0) is 10.3. The molecule has 0 aliphatic heterocycles. The second-order valence-electron chi connectivity index (χ2n) is 4.59. The summed E-state index contributed by atoms with van der Waals surface area (Å²) in [5, 5.41) is 3.53. The molecule has 0 atom stereocenters. The minimum Gasteiger partial charge on any atom is -0.316 e. The van der Waals surface area contributed by atoms with E-state index >= 15 is 0 Å². The molecule has 1 aromatic carbocycles. The molecule has 0 aromatic heterocycles. The highest BCUT2D eigenvalue weighted by atomic mass is 14.9. The summed E-state index contributed by atoms with van der Waals surface area (Å²) in [4.78, 5) is 0. The molecule has 1 heteroatoms. The first-order valence-corrected chi connectivity index (χ1v) is 6.20. The Labute approximate surface area is 92.9 Å². The number of rotatable bonds is 7. The molecular formula is C14H21N. The second kappa shape index (κ2) is 5.92. The molecule has 0 saturated heterocycles. The van der Waals surface area contributed by atoms with Gasteiger partial charge in [-0.1, -0.05) is 30.3 Å². The molecule has 1 aromatic rings. The van der Waals surface area contributed by atoms with Crippen molar-refractivity contribution in [1.29, 1.82) is 0 Å². The highest BCUT2D eigenvalue weighted by Gasteiger charge is 2.19. The molecule has 1 fully saturated rings. The predicted molar refractivity (Wildman–Crippen MR) is 65.0 cm³/mol. The largest absolute Gasteiger partial charge is 0.316 e. The molecule has 0 amide bonds. The molecule has 1 nitrogen and oxygen atoms in total. The van der Waals surface area contributed by atoms with Crippen molar-refractivity contribution in [3.05, 3.63) is 35.9 Å². The Kier molecular flexibility index (Phi) is 4.22. The van der Waals surface area contributed by atoms with E-state index < -0.39 is 0 Å². The van der Waals surface area contributed by atoms with E-state index in [2.05, 4.69) is 35.6 Å². The van der Waals surface area contributed by atoms with Gasteiger partial charge in [-0.15, -0.1) is 0 Å². The number of unbranched alkanes of at least 4 members (excludes halogenated alkanes) is 1. The van der Waals surface area contributed by atoms with Crippen LogP contribution >= 0.6 is 0 Å². The first kappa shape index (κ1) is 10.7. The van der Waals surface area contributed by atoms with Crippen LogP contribution < -0.4 is 5.32 Å². The van der Waals surface area contributed by atoms with Gasteiger partial charge in [0.2, 0.25) is 0 Å². The molecule has 2 rings (SSSR count). The van der Waals surface area contributed by atoms with Gasteiger partial charge in [0.15, 0.2) is 0 Å². The van der Waals surface area contributed by atoms with E-state index in [1.165, 1.54) is 50.8 Å². The minimum absolute atomic E-state index is 1.01. The van der Waals surface area contributed by atoms with Gasteiger partial charge in [0.1, 0.15) is 0 Å². The van der Waals surface area contributed by atoms with Crippen LogP contribution in [-0.4, -0.2) is 13.1 Å². The third kappa shape index (κ3) is 4.48. The van der Waals surface area contributed by atoms with Crippen molar-refractivity contribution in [2.24, 2.45) is 5.92 Å². The van der Waals surface area contributed by atoms with Gasteiger partial charge in [-0.3, -0.25) is 0 Å². The first-order chi connectivity index (χ1) is 7.45. The average Bonchev–Trinajstić information content (AvgIpc) is 3.09. The standard InChI is InChI=1S/C14H21N/c1-2-6-13(7-3-1)8-4-5-11-15-12-14-9-10-14/h1-3,6-7,14-15H,4-5,8-12H2. The van der Waals surface area contributed by atoms with Crippen LogP contribution in [0, 0.1) is 5.92 Å². The molecule has 0 unspecified atom stereocenters. The van der Waals surface area contributed by atoms with Gasteiger partial charge in [0.05, 0.1) is 0 Å². The summed E-state index contributed by atoms with van der Waals surface area (Å²) in [6.45, 7) is 2.45. The van der Waals surface area contributed by atoms with E-state index in [4.69, 9.17) is 0 Å².